The molecule has 0 N–H and O–H groups in total. The van der Waals surface area contributed by atoms with Crippen molar-refractivity contribution < 1.29 is 0 Å². The van der Waals surface area contributed by atoms with E-state index < -0.39 is 0 Å². The molecule has 4 heterocycles. The third-order valence-corrected chi connectivity index (χ3v) is 9.97. The molecule has 11 aromatic rings. The third-order valence-electron chi connectivity index (χ3n) is 9.97. The van der Waals surface area contributed by atoms with E-state index in [4.69, 9.17) is 4.98 Å². The molecule has 0 fully saturated rings. The molecule has 0 aliphatic carbocycles. The van der Waals surface area contributed by atoms with Gasteiger partial charge in [0.25, 0.3) is 0 Å². The highest BCUT2D eigenvalue weighted by atomic mass is 15.0. The highest BCUT2D eigenvalue weighted by molar-refractivity contribution is 6.29. The number of hydrogen-bond donors (Lipinski definition) is 0. The van der Waals surface area contributed by atoms with Gasteiger partial charge in [-0.2, -0.15) is 0 Å². The van der Waals surface area contributed by atoms with Gasteiger partial charge < -0.3 is 9.13 Å². The minimum atomic E-state index is 0.978. The molecule has 4 aromatic heterocycles. The quantitative estimate of drug-likeness (QED) is 0.182. The fourth-order valence-corrected chi connectivity index (χ4v) is 8.06. The van der Waals surface area contributed by atoms with Crippen LogP contribution < -0.4 is 0 Å². The molecule has 0 spiro atoms. The van der Waals surface area contributed by atoms with Crippen molar-refractivity contribution in [3.8, 4) is 11.4 Å². The highest BCUT2D eigenvalue weighted by Gasteiger charge is 2.22. The van der Waals surface area contributed by atoms with Crippen LogP contribution in [0.4, 0.5) is 0 Å². The summed E-state index contributed by atoms with van der Waals surface area (Å²) in [4.78, 5) is 5.30. The van der Waals surface area contributed by atoms with E-state index in [0.717, 1.165) is 39.0 Å². The molecule has 0 amide bonds. The van der Waals surface area contributed by atoms with E-state index in [1.165, 1.54) is 54.4 Å². The lowest BCUT2D eigenvalue weighted by Crippen LogP contribution is -1.98. The zero-order valence-electron chi connectivity index (χ0n) is 25.3. The molecule has 4 nitrogen and oxygen atoms in total. The van der Waals surface area contributed by atoms with Crippen molar-refractivity contribution in [3.63, 3.8) is 0 Å². The molecule has 0 radical (unpaired) electrons. The molecule has 0 bridgehead atoms. The Labute approximate surface area is 268 Å². The van der Waals surface area contributed by atoms with Gasteiger partial charge >= 0.3 is 0 Å². The SMILES string of the molecule is c1ccc(-n2c3ccccc3c3cc4c(cc32)c2c(ccc3c5ccccc5n(-c5ccccc5)c32)c2nc3ccccc3n42)cc1. The number of fused-ring (bicyclic) bond motifs is 15. The van der Waals surface area contributed by atoms with E-state index >= 15 is 0 Å². The van der Waals surface area contributed by atoms with Crippen LogP contribution in [0.2, 0.25) is 0 Å². The minimum Gasteiger partial charge on any atom is -0.309 e. The fraction of sp³-hybridized carbons (Fsp3) is 0. The number of hydrogen-bond acceptors (Lipinski definition) is 1. The van der Waals surface area contributed by atoms with Crippen LogP contribution in [0.1, 0.15) is 0 Å². The number of pyridine rings is 1. The summed E-state index contributed by atoms with van der Waals surface area (Å²) in [6.07, 6.45) is 0. The lowest BCUT2D eigenvalue weighted by Gasteiger charge is -2.15. The highest BCUT2D eigenvalue weighted by Crippen LogP contribution is 2.44. The van der Waals surface area contributed by atoms with Gasteiger partial charge in [-0.05, 0) is 66.7 Å². The van der Waals surface area contributed by atoms with Gasteiger partial charge in [0, 0.05) is 49.1 Å². The molecule has 0 aliphatic heterocycles. The first-order chi connectivity index (χ1) is 23.3. The first kappa shape index (κ1) is 24.9. The Morgan fingerprint density at radius 1 is 0.362 bits per heavy atom. The Bertz CT molecular complexity index is 3050. The zero-order valence-corrected chi connectivity index (χ0v) is 25.3. The fourth-order valence-electron chi connectivity index (χ4n) is 8.06. The molecule has 0 atom stereocenters. The van der Waals surface area contributed by atoms with Gasteiger partial charge in [-0.25, -0.2) is 4.98 Å². The van der Waals surface area contributed by atoms with Crippen LogP contribution in [-0.4, -0.2) is 18.5 Å². The smallest absolute Gasteiger partial charge is 0.146 e. The topological polar surface area (TPSA) is 27.2 Å². The summed E-state index contributed by atoms with van der Waals surface area (Å²) < 4.78 is 7.24. The molecular formula is C43H26N4. The zero-order chi connectivity index (χ0) is 30.6. The minimum absolute atomic E-state index is 0.978. The predicted octanol–water partition coefficient (Wildman–Crippen LogP) is 11.0. The Morgan fingerprint density at radius 3 is 1.66 bits per heavy atom. The molecular weight excluding hydrogens is 573 g/mol. The van der Waals surface area contributed by atoms with Crippen molar-refractivity contribution in [3.05, 3.63) is 158 Å². The first-order valence-corrected chi connectivity index (χ1v) is 16.1. The van der Waals surface area contributed by atoms with Crippen LogP contribution >= 0.6 is 0 Å². The second kappa shape index (κ2) is 9.09. The summed E-state index contributed by atoms with van der Waals surface area (Å²) in [6, 6.07) is 57.0. The van der Waals surface area contributed by atoms with E-state index in [-0.39, 0.29) is 0 Å². The summed E-state index contributed by atoms with van der Waals surface area (Å²) in [5.74, 6) is 0. The third kappa shape index (κ3) is 3.23. The van der Waals surface area contributed by atoms with E-state index in [0.29, 0.717) is 0 Å². The van der Waals surface area contributed by atoms with Crippen molar-refractivity contribution in [2.45, 2.75) is 0 Å². The van der Waals surface area contributed by atoms with Crippen molar-refractivity contribution in [1.29, 1.82) is 0 Å². The Kier molecular flexibility index (Phi) is 4.81. The lowest BCUT2D eigenvalue weighted by molar-refractivity contribution is 1.18. The predicted molar refractivity (Wildman–Crippen MR) is 196 cm³/mol. The van der Waals surface area contributed by atoms with Gasteiger partial charge in [-0.3, -0.25) is 4.40 Å². The number of aromatic nitrogens is 4. The molecule has 0 unspecified atom stereocenters. The van der Waals surface area contributed by atoms with Crippen molar-refractivity contribution in [1.82, 2.24) is 18.5 Å². The summed E-state index contributed by atoms with van der Waals surface area (Å²) in [5.41, 5.74) is 11.3. The number of imidazole rings is 1. The Morgan fingerprint density at radius 2 is 0.915 bits per heavy atom. The standard InChI is InChI=1S/C43H26N4/c1-3-13-27(14-4-1)45-36-20-10-8-18-30(36)33-25-40-34(26-39(33)45)41-32(43-44-35-19-9-12-22-38(35)47(40)43)24-23-31-29-17-7-11-21-37(29)46(42(31)41)28-15-5-2-6-16-28/h1-26H. The van der Waals surface area contributed by atoms with Crippen molar-refractivity contribution in [2.24, 2.45) is 0 Å². The molecule has 0 saturated carbocycles. The number of benzene rings is 7. The van der Waals surface area contributed by atoms with Crippen LogP contribution in [0.25, 0.3) is 93.3 Å². The van der Waals surface area contributed by atoms with Crippen molar-refractivity contribution in [2.75, 3.05) is 0 Å². The second-order valence-corrected chi connectivity index (χ2v) is 12.4. The monoisotopic (exact) mass is 598 g/mol. The van der Waals surface area contributed by atoms with Crippen LogP contribution in [0.5, 0.6) is 0 Å². The summed E-state index contributed by atoms with van der Waals surface area (Å²) in [5, 5.41) is 8.51. The van der Waals surface area contributed by atoms with E-state index in [1.54, 1.807) is 0 Å². The molecule has 4 heteroatoms. The van der Waals surface area contributed by atoms with Gasteiger partial charge in [-0.15, -0.1) is 0 Å². The van der Waals surface area contributed by atoms with Gasteiger partial charge in [0.2, 0.25) is 0 Å². The average Bonchev–Trinajstić information content (AvgIpc) is 3.79. The molecule has 218 valence electrons. The Balaban J connectivity index is 1.46. The molecule has 11 rings (SSSR count). The maximum absolute atomic E-state index is 5.30. The number of rotatable bonds is 2. The van der Waals surface area contributed by atoms with Crippen LogP contribution in [0.3, 0.4) is 0 Å². The van der Waals surface area contributed by atoms with E-state index in [1.807, 2.05) is 0 Å². The second-order valence-electron chi connectivity index (χ2n) is 12.4. The maximum Gasteiger partial charge on any atom is 0.146 e. The molecule has 47 heavy (non-hydrogen) atoms. The van der Waals surface area contributed by atoms with Gasteiger partial charge in [0.1, 0.15) is 5.65 Å². The van der Waals surface area contributed by atoms with Crippen LogP contribution in [0.15, 0.2) is 158 Å². The Hall–Kier alpha value is -6.39. The number of para-hydroxylation sites is 6. The van der Waals surface area contributed by atoms with Gasteiger partial charge in [0.05, 0.1) is 38.6 Å². The lowest BCUT2D eigenvalue weighted by atomic mass is 10.0. The van der Waals surface area contributed by atoms with Gasteiger partial charge in [0.15, 0.2) is 0 Å². The van der Waals surface area contributed by atoms with E-state index in [2.05, 4.69) is 171 Å². The summed E-state index contributed by atoms with van der Waals surface area (Å²) in [6.45, 7) is 0. The van der Waals surface area contributed by atoms with E-state index in [9.17, 15) is 0 Å². The summed E-state index contributed by atoms with van der Waals surface area (Å²) >= 11 is 0. The maximum atomic E-state index is 5.30. The average molecular weight is 599 g/mol. The molecule has 0 saturated heterocycles. The number of nitrogens with zero attached hydrogens (tertiary/aromatic N) is 4. The summed E-state index contributed by atoms with van der Waals surface area (Å²) in [7, 11) is 0. The first-order valence-electron chi connectivity index (χ1n) is 16.1. The molecule has 0 aliphatic rings. The van der Waals surface area contributed by atoms with Gasteiger partial charge in [-0.1, -0.05) is 91.0 Å². The van der Waals surface area contributed by atoms with Crippen LogP contribution in [-0.2, 0) is 0 Å². The van der Waals surface area contributed by atoms with Crippen LogP contribution in [0, 0.1) is 0 Å². The van der Waals surface area contributed by atoms with Crippen molar-refractivity contribution >= 4 is 82.0 Å². The molecule has 7 aromatic carbocycles. The normalized spacial score (nSPS) is 12.3. The largest absolute Gasteiger partial charge is 0.309 e.